The lowest BCUT2D eigenvalue weighted by Crippen LogP contribution is -2.22. The number of carbonyl (C=O) groups is 2. The summed E-state index contributed by atoms with van der Waals surface area (Å²) in [5.74, 6) is -0.493. The molecule has 0 aliphatic rings. The Morgan fingerprint density at radius 3 is 2.71 bits per heavy atom. The van der Waals surface area contributed by atoms with E-state index in [1.165, 1.54) is 23.5 Å². The van der Waals surface area contributed by atoms with Crippen molar-refractivity contribution in [3.8, 4) is 0 Å². The van der Waals surface area contributed by atoms with E-state index in [1.807, 2.05) is 0 Å². The second-order valence-electron chi connectivity index (χ2n) is 6.35. The highest BCUT2D eigenvalue weighted by molar-refractivity contribution is 8.00. The van der Waals surface area contributed by atoms with E-state index in [0.717, 1.165) is 23.9 Å². The molecule has 2 amide bonds. The van der Waals surface area contributed by atoms with Crippen molar-refractivity contribution in [2.24, 2.45) is 7.05 Å². The third kappa shape index (κ3) is 6.04. The van der Waals surface area contributed by atoms with Gasteiger partial charge < -0.3 is 15.2 Å². The monoisotopic (exact) mass is 470 g/mol. The summed E-state index contributed by atoms with van der Waals surface area (Å²) in [4.78, 5) is 28.5. The Hall–Kier alpha value is -2.93. The van der Waals surface area contributed by atoms with Crippen LogP contribution in [0.3, 0.4) is 0 Å². The second kappa shape index (κ2) is 9.47. The fourth-order valence-electron chi connectivity index (χ4n) is 2.43. The maximum absolute atomic E-state index is 12.8. The molecule has 0 fully saturated rings. The summed E-state index contributed by atoms with van der Waals surface area (Å²) in [5, 5.41) is 15.2. The normalized spacial score (nSPS) is 12.4. The lowest BCUT2D eigenvalue weighted by Gasteiger charge is -2.11. The summed E-state index contributed by atoms with van der Waals surface area (Å²) in [6.07, 6.45) is -3.11. The number of anilines is 2. The number of aromatic nitrogens is 4. The number of alkyl halides is 3. The minimum absolute atomic E-state index is 0.0315. The molecular weight excluding hydrogens is 453 g/mol. The molecule has 3 rings (SSSR count). The van der Waals surface area contributed by atoms with Gasteiger partial charge in [-0.25, -0.2) is 4.98 Å². The van der Waals surface area contributed by atoms with E-state index in [-0.39, 0.29) is 18.0 Å². The van der Waals surface area contributed by atoms with Gasteiger partial charge in [-0.2, -0.15) is 13.2 Å². The fourth-order valence-corrected chi connectivity index (χ4v) is 3.79. The smallest absolute Gasteiger partial charge is 0.326 e. The number of hydrogen-bond donors (Lipinski definition) is 2. The van der Waals surface area contributed by atoms with Gasteiger partial charge in [-0.15, -0.1) is 21.5 Å². The SMILES string of the molecule is C[C@@H](Sc1nnc(CC(=O)Nc2cccc(C(F)(F)F)c2)n1C)C(=O)Nc1nccs1. The molecular formula is C18H17F3N6O2S2. The fraction of sp³-hybridized carbons (Fsp3) is 0.278. The summed E-state index contributed by atoms with van der Waals surface area (Å²) in [6, 6.07) is 4.37. The number of benzene rings is 1. The molecule has 1 atom stereocenters. The first-order valence-electron chi connectivity index (χ1n) is 8.86. The van der Waals surface area contributed by atoms with Crippen LogP contribution < -0.4 is 10.6 Å². The number of nitrogens with zero attached hydrogens (tertiary/aromatic N) is 4. The van der Waals surface area contributed by atoms with Gasteiger partial charge >= 0.3 is 6.18 Å². The predicted molar refractivity (Wildman–Crippen MR) is 111 cm³/mol. The van der Waals surface area contributed by atoms with Crippen molar-refractivity contribution >= 4 is 45.7 Å². The van der Waals surface area contributed by atoms with Gasteiger partial charge in [0.1, 0.15) is 5.82 Å². The van der Waals surface area contributed by atoms with E-state index in [0.29, 0.717) is 16.1 Å². The Kier molecular flexibility index (Phi) is 6.95. The molecule has 2 heterocycles. The van der Waals surface area contributed by atoms with Crippen LogP contribution in [0.4, 0.5) is 24.0 Å². The molecule has 0 aliphatic heterocycles. The van der Waals surface area contributed by atoms with Crippen molar-refractivity contribution in [1.29, 1.82) is 0 Å². The van der Waals surface area contributed by atoms with E-state index in [2.05, 4.69) is 25.8 Å². The van der Waals surface area contributed by atoms with E-state index in [4.69, 9.17) is 0 Å². The second-order valence-corrected chi connectivity index (χ2v) is 8.55. The van der Waals surface area contributed by atoms with Crippen molar-refractivity contribution in [3.63, 3.8) is 0 Å². The number of thioether (sulfide) groups is 1. The van der Waals surface area contributed by atoms with Crippen molar-refractivity contribution in [2.75, 3.05) is 10.6 Å². The van der Waals surface area contributed by atoms with Crippen LogP contribution in [0.25, 0.3) is 0 Å². The maximum atomic E-state index is 12.8. The average molecular weight is 471 g/mol. The summed E-state index contributed by atoms with van der Waals surface area (Å²) < 4.78 is 40.0. The van der Waals surface area contributed by atoms with Gasteiger partial charge in [-0.1, -0.05) is 17.8 Å². The molecule has 0 radical (unpaired) electrons. The zero-order valence-electron chi connectivity index (χ0n) is 16.3. The minimum Gasteiger partial charge on any atom is -0.326 e. The lowest BCUT2D eigenvalue weighted by molar-refractivity contribution is -0.137. The molecule has 0 saturated heterocycles. The van der Waals surface area contributed by atoms with E-state index >= 15 is 0 Å². The highest BCUT2D eigenvalue weighted by Gasteiger charge is 2.30. The number of amides is 2. The topological polar surface area (TPSA) is 102 Å². The predicted octanol–water partition coefficient (Wildman–Crippen LogP) is 3.59. The van der Waals surface area contributed by atoms with Crippen LogP contribution in [0, 0.1) is 0 Å². The van der Waals surface area contributed by atoms with E-state index in [1.54, 1.807) is 30.1 Å². The first kappa shape index (κ1) is 22.7. The Morgan fingerprint density at radius 1 is 1.26 bits per heavy atom. The Morgan fingerprint density at radius 2 is 2.03 bits per heavy atom. The van der Waals surface area contributed by atoms with Gasteiger partial charge in [0.15, 0.2) is 10.3 Å². The average Bonchev–Trinajstić information content (AvgIpc) is 3.32. The molecule has 2 N–H and O–H groups in total. The van der Waals surface area contributed by atoms with Crippen molar-refractivity contribution in [2.45, 2.75) is 29.9 Å². The van der Waals surface area contributed by atoms with Crippen LogP contribution in [-0.4, -0.2) is 36.8 Å². The highest BCUT2D eigenvalue weighted by Crippen LogP contribution is 2.30. The number of thiazole rings is 1. The molecule has 8 nitrogen and oxygen atoms in total. The summed E-state index contributed by atoms with van der Waals surface area (Å²) in [6.45, 7) is 1.70. The van der Waals surface area contributed by atoms with Gasteiger partial charge in [-0.3, -0.25) is 9.59 Å². The van der Waals surface area contributed by atoms with E-state index in [9.17, 15) is 22.8 Å². The third-order valence-corrected chi connectivity index (χ3v) is 5.85. The third-order valence-electron chi connectivity index (χ3n) is 4.03. The maximum Gasteiger partial charge on any atom is 0.416 e. The van der Waals surface area contributed by atoms with Gasteiger partial charge in [0, 0.05) is 24.3 Å². The molecule has 31 heavy (non-hydrogen) atoms. The number of carbonyl (C=O) groups excluding carboxylic acids is 2. The molecule has 164 valence electrons. The van der Waals surface area contributed by atoms with Crippen LogP contribution >= 0.6 is 23.1 Å². The zero-order valence-corrected chi connectivity index (χ0v) is 17.9. The van der Waals surface area contributed by atoms with Crippen molar-refractivity contribution in [3.05, 3.63) is 47.2 Å². The van der Waals surface area contributed by atoms with Crippen LogP contribution in [0.2, 0.25) is 0 Å². The first-order valence-corrected chi connectivity index (χ1v) is 10.6. The van der Waals surface area contributed by atoms with Crippen LogP contribution in [0.1, 0.15) is 18.3 Å². The lowest BCUT2D eigenvalue weighted by atomic mass is 10.2. The summed E-state index contributed by atoms with van der Waals surface area (Å²) >= 11 is 2.45. The molecule has 0 saturated carbocycles. The minimum atomic E-state index is -4.50. The van der Waals surface area contributed by atoms with Gasteiger partial charge in [0.2, 0.25) is 11.8 Å². The van der Waals surface area contributed by atoms with Crippen LogP contribution in [0.5, 0.6) is 0 Å². The molecule has 0 bridgehead atoms. The van der Waals surface area contributed by atoms with Gasteiger partial charge in [0.05, 0.1) is 17.2 Å². The molecule has 13 heteroatoms. The Balaban J connectivity index is 1.59. The number of rotatable bonds is 7. The van der Waals surface area contributed by atoms with E-state index < -0.39 is 22.9 Å². The largest absolute Gasteiger partial charge is 0.416 e. The highest BCUT2D eigenvalue weighted by atomic mass is 32.2. The summed E-state index contributed by atoms with van der Waals surface area (Å²) in [7, 11) is 1.64. The van der Waals surface area contributed by atoms with Gasteiger partial charge in [0.25, 0.3) is 0 Å². The Bertz CT molecular complexity index is 1070. The van der Waals surface area contributed by atoms with Crippen molar-refractivity contribution in [1.82, 2.24) is 19.7 Å². The number of halogens is 3. The summed E-state index contributed by atoms with van der Waals surface area (Å²) in [5.41, 5.74) is -0.822. The molecule has 0 aliphatic carbocycles. The molecule has 0 spiro atoms. The molecule has 3 aromatic rings. The molecule has 0 unspecified atom stereocenters. The first-order chi connectivity index (χ1) is 14.6. The van der Waals surface area contributed by atoms with Crippen molar-refractivity contribution < 1.29 is 22.8 Å². The quantitative estimate of drug-likeness (QED) is 0.512. The van der Waals surface area contributed by atoms with Gasteiger partial charge in [-0.05, 0) is 25.1 Å². The number of hydrogen-bond acceptors (Lipinski definition) is 7. The standard InChI is InChI=1S/C18H17F3N6O2S2/c1-10(15(29)24-16-22-6-7-30-16)31-17-26-25-13(27(17)2)9-14(28)23-12-5-3-4-11(8-12)18(19,20)21/h3-8,10H,9H2,1-2H3,(H,23,28)(H,22,24,29)/t10-/m1/s1. The van der Waals surface area contributed by atoms with Crippen LogP contribution in [-0.2, 0) is 29.2 Å². The van der Waals surface area contributed by atoms with Crippen LogP contribution in [0.15, 0.2) is 41.0 Å². The number of nitrogens with one attached hydrogen (secondary N) is 2. The zero-order chi connectivity index (χ0) is 22.6. The molecule has 2 aromatic heterocycles. The molecule has 1 aromatic carbocycles. The Labute approximate surface area is 183 Å².